The molecule has 0 bridgehead atoms. The predicted molar refractivity (Wildman–Crippen MR) is 143 cm³/mol. The van der Waals surface area contributed by atoms with E-state index < -0.39 is 22.9 Å². The Kier molecular flexibility index (Phi) is 10.7. The Labute approximate surface area is 212 Å². The lowest BCUT2D eigenvalue weighted by atomic mass is 9.76. The number of likely N-dealkylation sites (N-methyl/N-ethyl adjacent to an activating group) is 3. The monoisotopic (exact) mass is 486 g/mol. The number of carbonyl (C=O) groups is 3. The summed E-state index contributed by atoms with van der Waals surface area (Å²) in [6, 6.07) is 8.27. The molecule has 1 aromatic carbocycles. The van der Waals surface area contributed by atoms with Crippen LogP contribution in [0.15, 0.2) is 42.0 Å². The summed E-state index contributed by atoms with van der Waals surface area (Å²) in [5.41, 5.74) is 0.532. The molecule has 1 rings (SSSR count). The zero-order valence-electron chi connectivity index (χ0n) is 23.4. The zero-order valence-corrected chi connectivity index (χ0v) is 23.4. The zero-order chi connectivity index (χ0) is 27.1. The van der Waals surface area contributed by atoms with Gasteiger partial charge in [0.25, 0.3) is 0 Å². The van der Waals surface area contributed by atoms with Gasteiger partial charge in [0.2, 0.25) is 17.7 Å². The number of hydrogen-bond donors (Lipinski definition) is 3. The normalized spacial score (nSPS) is 15.3. The van der Waals surface area contributed by atoms with Crippen molar-refractivity contribution in [2.24, 2.45) is 11.3 Å². The Hall–Kier alpha value is -2.67. The third kappa shape index (κ3) is 7.66. The number of amides is 3. The van der Waals surface area contributed by atoms with E-state index in [-0.39, 0.29) is 29.7 Å². The molecular weight excluding hydrogens is 440 g/mol. The lowest BCUT2D eigenvalue weighted by Crippen LogP contribution is -2.61. The second-order valence-electron chi connectivity index (χ2n) is 11.2. The molecule has 0 fully saturated rings. The van der Waals surface area contributed by atoms with Crippen molar-refractivity contribution in [1.82, 2.24) is 20.9 Å². The minimum Gasteiger partial charge on any atom is -0.355 e. The molecular formula is C28H46N4O3. The van der Waals surface area contributed by atoms with E-state index in [1.54, 1.807) is 33.0 Å². The van der Waals surface area contributed by atoms with Gasteiger partial charge in [-0.15, -0.1) is 0 Å². The minimum atomic E-state index is -0.752. The Morgan fingerprint density at radius 1 is 0.943 bits per heavy atom. The molecule has 0 aliphatic heterocycles. The van der Waals surface area contributed by atoms with Gasteiger partial charge in [-0.1, -0.05) is 84.9 Å². The fourth-order valence-corrected chi connectivity index (χ4v) is 4.36. The van der Waals surface area contributed by atoms with E-state index >= 15 is 0 Å². The number of carbonyl (C=O) groups excluding carboxylic acids is 3. The highest BCUT2D eigenvalue weighted by Gasteiger charge is 2.41. The highest BCUT2D eigenvalue weighted by molar-refractivity contribution is 5.93. The molecule has 1 aromatic rings. The lowest BCUT2D eigenvalue weighted by molar-refractivity contribution is -0.140. The van der Waals surface area contributed by atoms with Gasteiger partial charge in [-0.2, -0.15) is 0 Å². The molecule has 3 N–H and O–H groups in total. The van der Waals surface area contributed by atoms with Gasteiger partial charge in [-0.25, -0.2) is 0 Å². The third-order valence-corrected chi connectivity index (χ3v) is 6.67. The maximum absolute atomic E-state index is 13.8. The van der Waals surface area contributed by atoms with Crippen LogP contribution in [0.4, 0.5) is 0 Å². The standard InChI is InChI=1S/C28H46N4O3/c1-18(2)21(17-19(3)24(33)30-10)32(11)26(35)23(27(4,5)6)31-25(34)22(29-9)28(7,8)20-15-13-12-14-16-20/h12-18,21-23,29H,1-11H3,(H,30,33)(H,31,34)/b19-17+/t21-,22-,23-/m1/s1. The highest BCUT2D eigenvalue weighted by atomic mass is 16.2. The molecule has 7 nitrogen and oxygen atoms in total. The van der Waals surface area contributed by atoms with Gasteiger partial charge in [0.1, 0.15) is 6.04 Å². The molecule has 35 heavy (non-hydrogen) atoms. The van der Waals surface area contributed by atoms with Gasteiger partial charge in [0, 0.05) is 25.1 Å². The van der Waals surface area contributed by atoms with Crippen molar-refractivity contribution < 1.29 is 14.4 Å². The number of nitrogens with zero attached hydrogens (tertiary/aromatic N) is 1. The molecule has 0 aliphatic rings. The molecule has 3 atom stereocenters. The van der Waals surface area contributed by atoms with Crippen LogP contribution in [0.3, 0.4) is 0 Å². The molecule has 3 amide bonds. The molecule has 196 valence electrons. The smallest absolute Gasteiger partial charge is 0.246 e. The second kappa shape index (κ2) is 12.3. The van der Waals surface area contributed by atoms with Crippen molar-refractivity contribution in [3.63, 3.8) is 0 Å². The summed E-state index contributed by atoms with van der Waals surface area (Å²) in [6.45, 7) is 15.6. The largest absolute Gasteiger partial charge is 0.355 e. The average Bonchev–Trinajstić information content (AvgIpc) is 2.79. The summed E-state index contributed by atoms with van der Waals surface area (Å²) < 4.78 is 0. The molecule has 0 unspecified atom stereocenters. The van der Waals surface area contributed by atoms with Crippen LogP contribution in [0.5, 0.6) is 0 Å². The van der Waals surface area contributed by atoms with Crippen LogP contribution in [-0.4, -0.2) is 61.9 Å². The second-order valence-corrected chi connectivity index (χ2v) is 11.2. The van der Waals surface area contributed by atoms with E-state index in [0.717, 1.165) is 5.56 Å². The molecule has 0 saturated heterocycles. The van der Waals surface area contributed by atoms with E-state index in [1.165, 1.54) is 0 Å². The first-order chi connectivity index (χ1) is 16.1. The molecule has 0 aliphatic carbocycles. The Bertz CT molecular complexity index is 901. The summed E-state index contributed by atoms with van der Waals surface area (Å²) >= 11 is 0. The number of hydrogen-bond acceptors (Lipinski definition) is 4. The number of nitrogens with one attached hydrogen (secondary N) is 3. The Morgan fingerprint density at radius 2 is 1.49 bits per heavy atom. The first kappa shape index (κ1) is 30.4. The van der Waals surface area contributed by atoms with Crippen molar-refractivity contribution in [3.05, 3.63) is 47.5 Å². The average molecular weight is 487 g/mol. The van der Waals surface area contributed by atoms with Crippen molar-refractivity contribution in [2.75, 3.05) is 21.1 Å². The van der Waals surface area contributed by atoms with Crippen molar-refractivity contribution in [2.45, 2.75) is 78.9 Å². The van der Waals surface area contributed by atoms with Gasteiger partial charge in [0.15, 0.2) is 0 Å². The van der Waals surface area contributed by atoms with Gasteiger partial charge >= 0.3 is 0 Å². The highest BCUT2D eigenvalue weighted by Crippen LogP contribution is 2.29. The summed E-state index contributed by atoms with van der Waals surface area (Å²) in [6.07, 6.45) is 1.82. The van der Waals surface area contributed by atoms with Crippen LogP contribution in [0.1, 0.15) is 61.0 Å². The fourth-order valence-electron chi connectivity index (χ4n) is 4.36. The topological polar surface area (TPSA) is 90.5 Å². The first-order valence-corrected chi connectivity index (χ1v) is 12.3. The van der Waals surface area contributed by atoms with Gasteiger partial charge < -0.3 is 20.9 Å². The fraction of sp³-hybridized carbons (Fsp3) is 0.607. The molecule has 0 aromatic heterocycles. The maximum atomic E-state index is 13.8. The third-order valence-electron chi connectivity index (χ3n) is 6.67. The van der Waals surface area contributed by atoms with E-state index in [4.69, 9.17) is 0 Å². The molecule has 0 saturated carbocycles. The number of benzene rings is 1. The lowest BCUT2D eigenvalue weighted by Gasteiger charge is -2.40. The molecule has 7 heteroatoms. The van der Waals surface area contributed by atoms with Gasteiger partial charge in [-0.3, -0.25) is 14.4 Å². The number of rotatable bonds is 10. The van der Waals surface area contributed by atoms with E-state index in [9.17, 15) is 14.4 Å². The Balaban J connectivity index is 3.29. The maximum Gasteiger partial charge on any atom is 0.246 e. The van der Waals surface area contributed by atoms with E-state index in [0.29, 0.717) is 5.57 Å². The summed E-state index contributed by atoms with van der Waals surface area (Å²) in [5.74, 6) is -0.543. The Morgan fingerprint density at radius 3 is 1.91 bits per heavy atom. The molecule has 0 heterocycles. The quantitative estimate of drug-likeness (QED) is 0.443. The molecule has 0 radical (unpaired) electrons. The van der Waals surface area contributed by atoms with Crippen LogP contribution in [0, 0.1) is 11.3 Å². The minimum absolute atomic E-state index is 0.0712. The van der Waals surface area contributed by atoms with E-state index in [2.05, 4.69) is 16.0 Å². The van der Waals surface area contributed by atoms with Crippen molar-refractivity contribution >= 4 is 17.7 Å². The van der Waals surface area contributed by atoms with Gasteiger partial charge in [-0.05, 0) is 30.9 Å². The summed E-state index contributed by atoms with van der Waals surface area (Å²) in [7, 11) is 5.07. The predicted octanol–water partition coefficient (Wildman–Crippen LogP) is 3.26. The van der Waals surface area contributed by atoms with Gasteiger partial charge in [0.05, 0.1) is 12.1 Å². The summed E-state index contributed by atoms with van der Waals surface area (Å²) in [5, 5.41) is 8.84. The van der Waals surface area contributed by atoms with Crippen LogP contribution in [0.25, 0.3) is 0 Å². The van der Waals surface area contributed by atoms with Crippen molar-refractivity contribution in [3.8, 4) is 0 Å². The van der Waals surface area contributed by atoms with Crippen LogP contribution in [0.2, 0.25) is 0 Å². The van der Waals surface area contributed by atoms with Crippen molar-refractivity contribution in [1.29, 1.82) is 0 Å². The SMILES string of the molecule is CNC(=O)/C(C)=C/[C@H](C(C)C)N(C)C(=O)[C@@H](NC(=O)[C@@H](NC)C(C)(C)c1ccccc1)C(C)(C)C. The van der Waals surface area contributed by atoms with Crippen LogP contribution >= 0.6 is 0 Å². The van der Waals surface area contributed by atoms with E-state index in [1.807, 2.05) is 84.9 Å². The first-order valence-electron chi connectivity index (χ1n) is 12.3. The summed E-state index contributed by atoms with van der Waals surface area (Å²) in [4.78, 5) is 41.1. The van der Waals surface area contributed by atoms with Crippen LogP contribution < -0.4 is 16.0 Å². The van der Waals surface area contributed by atoms with Crippen LogP contribution in [-0.2, 0) is 19.8 Å². The molecule has 0 spiro atoms.